The number of imidazole rings is 1. The number of amides is 1. The van der Waals surface area contributed by atoms with Crippen LogP contribution >= 0.6 is 15.9 Å². The number of anilines is 1. The van der Waals surface area contributed by atoms with E-state index in [4.69, 9.17) is 0 Å². The Morgan fingerprint density at radius 3 is 2.78 bits per heavy atom. The molecule has 0 atom stereocenters. The van der Waals surface area contributed by atoms with Crippen molar-refractivity contribution < 1.29 is 18.0 Å². The number of halogens is 4. The van der Waals surface area contributed by atoms with Gasteiger partial charge in [0.1, 0.15) is 5.65 Å². The van der Waals surface area contributed by atoms with E-state index in [-0.39, 0.29) is 5.82 Å². The fourth-order valence-electron chi connectivity index (χ4n) is 1.40. The summed E-state index contributed by atoms with van der Waals surface area (Å²) in [5, 5.41) is 0. The number of pyridine rings is 1. The largest absolute Gasteiger partial charge is 0.471 e. The van der Waals surface area contributed by atoms with Crippen molar-refractivity contribution in [3.63, 3.8) is 0 Å². The van der Waals surface area contributed by atoms with Gasteiger partial charge < -0.3 is 4.40 Å². The molecule has 0 aromatic carbocycles. The van der Waals surface area contributed by atoms with Crippen molar-refractivity contribution in [1.82, 2.24) is 9.38 Å². The predicted octanol–water partition coefficient (Wildman–Crippen LogP) is 2.62. The Bertz CT molecular complexity index is 608. The quantitative estimate of drug-likeness (QED) is 0.809. The Morgan fingerprint density at radius 1 is 1.50 bits per heavy atom. The molecule has 0 aliphatic carbocycles. The zero-order chi connectivity index (χ0) is 13.5. The van der Waals surface area contributed by atoms with Crippen molar-refractivity contribution >= 4 is 33.3 Å². The second-order valence-corrected chi connectivity index (χ2v) is 4.49. The summed E-state index contributed by atoms with van der Waals surface area (Å²) in [5.74, 6) is -2.01. The molecule has 2 aromatic heterocycles. The van der Waals surface area contributed by atoms with Gasteiger partial charge in [0.15, 0.2) is 5.82 Å². The molecule has 96 valence electrons. The molecule has 0 N–H and O–H groups in total. The third-order valence-corrected chi connectivity index (χ3v) is 2.79. The molecule has 18 heavy (non-hydrogen) atoms. The first kappa shape index (κ1) is 12.9. The molecule has 0 bridgehead atoms. The van der Waals surface area contributed by atoms with Gasteiger partial charge in [-0.1, -0.05) is 15.9 Å². The van der Waals surface area contributed by atoms with Gasteiger partial charge in [-0.2, -0.15) is 13.2 Å². The first-order chi connectivity index (χ1) is 8.29. The van der Waals surface area contributed by atoms with E-state index in [2.05, 4.69) is 20.9 Å². The molecule has 0 saturated carbocycles. The summed E-state index contributed by atoms with van der Waals surface area (Å²) in [4.78, 5) is 15.5. The first-order valence-corrected chi connectivity index (χ1v) is 5.57. The van der Waals surface area contributed by atoms with Gasteiger partial charge in [0.25, 0.3) is 0 Å². The average molecular weight is 322 g/mol. The second kappa shape index (κ2) is 4.27. The molecule has 2 rings (SSSR count). The van der Waals surface area contributed by atoms with Crippen LogP contribution in [0.5, 0.6) is 0 Å². The maximum absolute atomic E-state index is 12.3. The zero-order valence-electron chi connectivity index (χ0n) is 9.07. The maximum Gasteiger partial charge on any atom is 0.471 e. The lowest BCUT2D eigenvalue weighted by molar-refractivity contribution is -0.170. The highest BCUT2D eigenvalue weighted by Gasteiger charge is 2.42. The molecule has 2 heterocycles. The van der Waals surface area contributed by atoms with Crippen molar-refractivity contribution in [2.75, 3.05) is 11.9 Å². The number of carbonyl (C=O) groups excluding carboxylic acids is 1. The van der Waals surface area contributed by atoms with Gasteiger partial charge in [0.05, 0.1) is 6.20 Å². The highest BCUT2D eigenvalue weighted by Crippen LogP contribution is 2.23. The van der Waals surface area contributed by atoms with E-state index in [9.17, 15) is 18.0 Å². The molecule has 0 fully saturated rings. The predicted molar refractivity (Wildman–Crippen MR) is 62.4 cm³/mol. The number of hydrogen-bond donors (Lipinski definition) is 0. The van der Waals surface area contributed by atoms with Gasteiger partial charge in [0, 0.05) is 17.7 Å². The van der Waals surface area contributed by atoms with Crippen molar-refractivity contribution in [3.8, 4) is 0 Å². The van der Waals surface area contributed by atoms with Gasteiger partial charge in [-0.3, -0.25) is 9.69 Å². The van der Waals surface area contributed by atoms with E-state index in [1.54, 1.807) is 18.3 Å². The third-order valence-electron chi connectivity index (χ3n) is 2.30. The van der Waals surface area contributed by atoms with Crippen LogP contribution in [0.25, 0.3) is 5.65 Å². The van der Waals surface area contributed by atoms with Crippen LogP contribution in [-0.2, 0) is 4.79 Å². The lowest BCUT2D eigenvalue weighted by Gasteiger charge is -2.15. The van der Waals surface area contributed by atoms with Gasteiger partial charge in [-0.25, -0.2) is 4.98 Å². The van der Waals surface area contributed by atoms with E-state index in [1.807, 2.05) is 0 Å². The Labute approximate surface area is 108 Å². The van der Waals surface area contributed by atoms with Crippen molar-refractivity contribution in [3.05, 3.63) is 29.0 Å². The highest BCUT2D eigenvalue weighted by molar-refractivity contribution is 9.10. The highest BCUT2D eigenvalue weighted by atomic mass is 79.9. The maximum atomic E-state index is 12.3. The molecule has 0 aliphatic heterocycles. The molecule has 8 heteroatoms. The van der Waals surface area contributed by atoms with Crippen LogP contribution in [0.3, 0.4) is 0 Å². The Balaban J connectivity index is 2.40. The summed E-state index contributed by atoms with van der Waals surface area (Å²) in [6, 6.07) is 3.35. The van der Waals surface area contributed by atoms with Crippen LogP contribution in [0, 0.1) is 0 Å². The topological polar surface area (TPSA) is 37.6 Å². The van der Waals surface area contributed by atoms with Crippen molar-refractivity contribution in [1.29, 1.82) is 0 Å². The van der Waals surface area contributed by atoms with E-state index in [1.165, 1.54) is 10.6 Å². The molecule has 0 aliphatic rings. The van der Waals surface area contributed by atoms with Gasteiger partial charge in [0.2, 0.25) is 0 Å². The molecule has 0 spiro atoms. The number of fused-ring (bicyclic) bond motifs is 1. The number of rotatable bonds is 1. The van der Waals surface area contributed by atoms with Crippen LogP contribution in [0.4, 0.5) is 19.0 Å². The fourth-order valence-corrected chi connectivity index (χ4v) is 1.72. The minimum absolute atomic E-state index is 0.0598. The number of nitrogens with zero attached hydrogens (tertiary/aromatic N) is 3. The Kier molecular flexibility index (Phi) is 3.05. The minimum atomic E-state index is -4.91. The molecular weight excluding hydrogens is 315 g/mol. The molecular formula is C10H7BrF3N3O. The lowest BCUT2D eigenvalue weighted by Crippen LogP contribution is -2.38. The number of carbonyl (C=O) groups is 1. The summed E-state index contributed by atoms with van der Waals surface area (Å²) in [6.45, 7) is 0. The summed E-state index contributed by atoms with van der Waals surface area (Å²) < 4.78 is 39.1. The van der Waals surface area contributed by atoms with Crippen LogP contribution < -0.4 is 4.90 Å². The van der Waals surface area contributed by atoms with Gasteiger partial charge in [-0.05, 0) is 12.1 Å². The molecule has 2 aromatic rings. The average Bonchev–Trinajstić information content (AvgIpc) is 2.68. The summed E-state index contributed by atoms with van der Waals surface area (Å²) in [6.07, 6.45) is -1.93. The number of aromatic nitrogens is 2. The van der Waals surface area contributed by atoms with Crippen LogP contribution in [0.2, 0.25) is 0 Å². The van der Waals surface area contributed by atoms with Crippen LogP contribution in [0.1, 0.15) is 0 Å². The van der Waals surface area contributed by atoms with E-state index < -0.39 is 12.1 Å². The first-order valence-electron chi connectivity index (χ1n) is 4.78. The Hall–Kier alpha value is -1.57. The molecule has 1 amide bonds. The van der Waals surface area contributed by atoms with E-state index in [0.717, 1.165) is 11.5 Å². The molecule has 0 saturated heterocycles. The van der Waals surface area contributed by atoms with Crippen molar-refractivity contribution in [2.24, 2.45) is 0 Å². The van der Waals surface area contributed by atoms with E-state index in [0.29, 0.717) is 10.5 Å². The lowest BCUT2D eigenvalue weighted by atomic mass is 10.5. The smallest absolute Gasteiger partial charge is 0.305 e. The fraction of sp³-hybridized carbons (Fsp3) is 0.200. The van der Waals surface area contributed by atoms with Crippen LogP contribution in [-0.4, -0.2) is 28.5 Å². The van der Waals surface area contributed by atoms with Crippen molar-refractivity contribution in [2.45, 2.75) is 6.18 Å². The Morgan fingerprint density at radius 2 is 2.17 bits per heavy atom. The minimum Gasteiger partial charge on any atom is -0.305 e. The summed E-state index contributed by atoms with van der Waals surface area (Å²) in [7, 11) is 1.03. The number of hydrogen-bond acceptors (Lipinski definition) is 2. The van der Waals surface area contributed by atoms with Gasteiger partial charge in [-0.15, -0.1) is 0 Å². The van der Waals surface area contributed by atoms with Gasteiger partial charge >= 0.3 is 12.1 Å². The second-order valence-electron chi connectivity index (χ2n) is 3.57. The standard InChI is InChI=1S/C10H7BrF3N3O/c1-16(9(18)10(12,13)14)8-5-17-3-2-6(11)4-7(17)15-8/h2-5H,1H3. The van der Waals surface area contributed by atoms with E-state index >= 15 is 0 Å². The summed E-state index contributed by atoms with van der Waals surface area (Å²) >= 11 is 3.23. The molecule has 4 nitrogen and oxygen atoms in total. The monoisotopic (exact) mass is 321 g/mol. The zero-order valence-corrected chi connectivity index (χ0v) is 10.7. The van der Waals surface area contributed by atoms with Crippen LogP contribution in [0.15, 0.2) is 29.0 Å². The summed E-state index contributed by atoms with van der Waals surface area (Å²) in [5.41, 5.74) is 0.446. The SMILES string of the molecule is CN(C(=O)C(F)(F)F)c1cn2ccc(Br)cc2n1. The molecule has 0 unspecified atom stereocenters. The number of alkyl halides is 3. The third kappa shape index (κ3) is 2.33. The normalized spacial score (nSPS) is 11.8. The molecule has 0 radical (unpaired) electrons.